The molecule has 2 atom stereocenters. The molecule has 2 unspecified atom stereocenters. The first-order valence-electron chi connectivity index (χ1n) is 6.88. The largest absolute Gasteiger partial charge is 0.383 e. The van der Waals surface area contributed by atoms with Crippen LogP contribution in [0.2, 0.25) is 0 Å². The quantitative estimate of drug-likeness (QED) is 0.814. The Morgan fingerprint density at radius 1 is 1.47 bits per heavy atom. The van der Waals surface area contributed by atoms with E-state index in [4.69, 9.17) is 9.47 Å². The Morgan fingerprint density at radius 2 is 2.37 bits per heavy atom. The highest BCUT2D eigenvalue weighted by Crippen LogP contribution is 2.34. The highest BCUT2D eigenvalue weighted by Gasteiger charge is 2.27. The molecule has 19 heavy (non-hydrogen) atoms. The van der Waals surface area contributed by atoms with Crippen molar-refractivity contribution in [3.8, 4) is 0 Å². The average molecular weight is 328 g/mol. The van der Waals surface area contributed by atoms with Gasteiger partial charge >= 0.3 is 0 Å². The summed E-state index contributed by atoms with van der Waals surface area (Å²) in [5.74, 6) is 0.542. The number of hydrogen-bond donors (Lipinski definition) is 1. The second-order valence-electron chi connectivity index (χ2n) is 4.95. The van der Waals surface area contributed by atoms with E-state index < -0.39 is 0 Å². The first-order chi connectivity index (χ1) is 9.31. The molecular formula is C15H22BrNO2. The van der Waals surface area contributed by atoms with Crippen molar-refractivity contribution in [2.24, 2.45) is 5.92 Å². The molecule has 0 aliphatic carbocycles. The van der Waals surface area contributed by atoms with Crippen molar-refractivity contribution in [3.63, 3.8) is 0 Å². The summed E-state index contributed by atoms with van der Waals surface area (Å²) in [7, 11) is 1.73. The molecule has 1 aromatic rings. The second-order valence-corrected chi connectivity index (χ2v) is 5.86. The monoisotopic (exact) mass is 327 g/mol. The summed E-state index contributed by atoms with van der Waals surface area (Å²) in [5.41, 5.74) is 1.27. The van der Waals surface area contributed by atoms with Gasteiger partial charge in [-0.2, -0.15) is 0 Å². The van der Waals surface area contributed by atoms with Crippen LogP contribution in [0.3, 0.4) is 0 Å². The van der Waals surface area contributed by atoms with Crippen molar-refractivity contribution in [2.75, 3.05) is 33.4 Å². The lowest BCUT2D eigenvalue weighted by molar-refractivity contribution is -0.0280. The van der Waals surface area contributed by atoms with Crippen LogP contribution in [0.1, 0.15) is 24.5 Å². The maximum atomic E-state index is 6.00. The fourth-order valence-electron chi connectivity index (χ4n) is 2.57. The van der Waals surface area contributed by atoms with E-state index in [0.29, 0.717) is 5.92 Å². The Labute approximate surface area is 123 Å². The predicted octanol–water partition coefficient (Wildman–Crippen LogP) is 3.15. The minimum absolute atomic E-state index is 0.210. The molecule has 0 saturated carbocycles. The fourth-order valence-corrected chi connectivity index (χ4v) is 2.98. The van der Waals surface area contributed by atoms with Crippen LogP contribution in [-0.4, -0.2) is 33.4 Å². The fraction of sp³-hybridized carbons (Fsp3) is 0.600. The van der Waals surface area contributed by atoms with Crippen molar-refractivity contribution in [3.05, 3.63) is 34.3 Å². The minimum Gasteiger partial charge on any atom is -0.383 e. The standard InChI is InChI=1S/C15H22BrNO2/c1-18-9-7-17-11-13-5-3-8-19-15(13)12-4-2-6-14(16)10-12/h2,4,6,10,13,15,17H,3,5,7-9,11H2,1H3. The van der Waals surface area contributed by atoms with Crippen molar-refractivity contribution in [2.45, 2.75) is 18.9 Å². The lowest BCUT2D eigenvalue weighted by atomic mass is 9.89. The van der Waals surface area contributed by atoms with Crippen LogP contribution in [0.25, 0.3) is 0 Å². The van der Waals surface area contributed by atoms with Crippen LogP contribution in [0.5, 0.6) is 0 Å². The number of rotatable bonds is 6. The summed E-state index contributed by atoms with van der Waals surface area (Å²) in [4.78, 5) is 0. The number of benzene rings is 1. The van der Waals surface area contributed by atoms with Crippen LogP contribution in [-0.2, 0) is 9.47 Å². The number of methoxy groups -OCH3 is 1. The van der Waals surface area contributed by atoms with E-state index in [0.717, 1.165) is 37.2 Å². The Hall–Kier alpha value is -0.420. The zero-order chi connectivity index (χ0) is 13.5. The molecule has 1 saturated heterocycles. The summed E-state index contributed by atoms with van der Waals surface area (Å²) in [6.45, 7) is 3.51. The zero-order valence-electron chi connectivity index (χ0n) is 11.4. The molecule has 4 heteroatoms. The van der Waals surface area contributed by atoms with Gasteiger partial charge in [-0.25, -0.2) is 0 Å². The normalized spacial score (nSPS) is 23.5. The summed E-state index contributed by atoms with van der Waals surface area (Å²) >= 11 is 3.53. The van der Waals surface area contributed by atoms with E-state index in [-0.39, 0.29) is 6.10 Å². The summed E-state index contributed by atoms with van der Waals surface area (Å²) < 4.78 is 12.2. The highest BCUT2D eigenvalue weighted by atomic mass is 79.9. The average Bonchev–Trinajstić information content (AvgIpc) is 2.44. The van der Waals surface area contributed by atoms with Crippen molar-refractivity contribution in [1.82, 2.24) is 5.32 Å². The van der Waals surface area contributed by atoms with Gasteiger partial charge < -0.3 is 14.8 Å². The Morgan fingerprint density at radius 3 is 3.16 bits per heavy atom. The molecule has 0 aromatic heterocycles. The molecule has 1 aliphatic rings. The lowest BCUT2D eigenvalue weighted by Gasteiger charge is -2.32. The van der Waals surface area contributed by atoms with Crippen LogP contribution >= 0.6 is 15.9 Å². The molecule has 2 rings (SSSR count). The first-order valence-corrected chi connectivity index (χ1v) is 7.67. The second kappa shape index (κ2) is 8.00. The van der Waals surface area contributed by atoms with E-state index in [9.17, 15) is 0 Å². The molecule has 0 spiro atoms. The van der Waals surface area contributed by atoms with E-state index in [1.54, 1.807) is 7.11 Å². The molecule has 1 aliphatic heterocycles. The van der Waals surface area contributed by atoms with E-state index in [1.807, 2.05) is 0 Å². The van der Waals surface area contributed by atoms with E-state index in [2.05, 4.69) is 45.5 Å². The van der Waals surface area contributed by atoms with Gasteiger partial charge in [0.2, 0.25) is 0 Å². The molecule has 1 heterocycles. The molecule has 3 nitrogen and oxygen atoms in total. The minimum atomic E-state index is 0.210. The van der Waals surface area contributed by atoms with Gasteiger partial charge in [-0.3, -0.25) is 0 Å². The van der Waals surface area contributed by atoms with Crippen molar-refractivity contribution >= 4 is 15.9 Å². The molecule has 1 fully saturated rings. The molecule has 106 valence electrons. The molecule has 0 radical (unpaired) electrons. The third kappa shape index (κ3) is 4.56. The van der Waals surface area contributed by atoms with Crippen LogP contribution in [0.4, 0.5) is 0 Å². The summed E-state index contributed by atoms with van der Waals surface area (Å²) in [5, 5.41) is 3.45. The van der Waals surface area contributed by atoms with Gasteiger partial charge in [0, 0.05) is 37.2 Å². The molecule has 1 aromatic carbocycles. The maximum absolute atomic E-state index is 6.00. The molecule has 0 bridgehead atoms. The van der Waals surface area contributed by atoms with Gasteiger partial charge in [0.25, 0.3) is 0 Å². The van der Waals surface area contributed by atoms with Gasteiger partial charge in [0.1, 0.15) is 0 Å². The maximum Gasteiger partial charge on any atom is 0.0865 e. The third-order valence-electron chi connectivity index (χ3n) is 3.51. The third-order valence-corrected chi connectivity index (χ3v) is 4.00. The van der Waals surface area contributed by atoms with Crippen LogP contribution in [0, 0.1) is 5.92 Å². The van der Waals surface area contributed by atoms with E-state index >= 15 is 0 Å². The zero-order valence-corrected chi connectivity index (χ0v) is 13.0. The molecule has 1 N–H and O–H groups in total. The Balaban J connectivity index is 1.95. The summed E-state index contributed by atoms with van der Waals surface area (Å²) in [6.07, 6.45) is 2.58. The number of halogens is 1. The van der Waals surface area contributed by atoms with Crippen molar-refractivity contribution in [1.29, 1.82) is 0 Å². The molecule has 0 amide bonds. The number of hydrogen-bond acceptors (Lipinski definition) is 3. The van der Waals surface area contributed by atoms with Gasteiger partial charge in [-0.1, -0.05) is 28.1 Å². The highest BCUT2D eigenvalue weighted by molar-refractivity contribution is 9.10. The van der Waals surface area contributed by atoms with Crippen molar-refractivity contribution < 1.29 is 9.47 Å². The van der Waals surface area contributed by atoms with Gasteiger partial charge in [0.05, 0.1) is 12.7 Å². The Bertz CT molecular complexity index is 386. The van der Waals surface area contributed by atoms with Crippen LogP contribution < -0.4 is 5.32 Å². The van der Waals surface area contributed by atoms with Gasteiger partial charge in [0.15, 0.2) is 0 Å². The predicted molar refractivity (Wildman–Crippen MR) is 80.3 cm³/mol. The number of nitrogens with one attached hydrogen (secondary N) is 1. The SMILES string of the molecule is COCCNCC1CCCOC1c1cccc(Br)c1. The number of ether oxygens (including phenoxy) is 2. The Kier molecular flexibility index (Phi) is 6.31. The van der Waals surface area contributed by atoms with Crippen LogP contribution in [0.15, 0.2) is 28.7 Å². The topological polar surface area (TPSA) is 30.5 Å². The summed E-state index contributed by atoms with van der Waals surface area (Å²) in [6, 6.07) is 8.45. The van der Waals surface area contributed by atoms with Gasteiger partial charge in [-0.15, -0.1) is 0 Å². The lowest BCUT2D eigenvalue weighted by Crippen LogP contribution is -2.33. The van der Waals surface area contributed by atoms with E-state index in [1.165, 1.54) is 12.0 Å². The van der Waals surface area contributed by atoms with Gasteiger partial charge in [-0.05, 0) is 30.5 Å². The molecular weight excluding hydrogens is 306 g/mol. The smallest absolute Gasteiger partial charge is 0.0865 e. The first kappa shape index (κ1) is 15.0.